The second-order valence-corrected chi connectivity index (χ2v) is 28.9. The summed E-state index contributed by atoms with van der Waals surface area (Å²) in [4.78, 5) is 21.0. The van der Waals surface area contributed by atoms with Crippen LogP contribution in [-0.4, -0.2) is 19.9 Å². The van der Waals surface area contributed by atoms with Crippen LogP contribution in [-0.2, 0) is 10.8 Å². The van der Waals surface area contributed by atoms with Crippen molar-refractivity contribution in [1.82, 2.24) is 19.9 Å². The molecule has 22 rings (SSSR count). The lowest BCUT2D eigenvalue weighted by Crippen LogP contribution is -2.28. The molecule has 2 aliphatic rings. The lowest BCUT2D eigenvalue weighted by Gasteiger charge is -2.34. The molecule has 4 heteroatoms. The molecule has 2 heterocycles. The highest BCUT2D eigenvalue weighted by molar-refractivity contribution is 6.10. The van der Waals surface area contributed by atoms with Crippen molar-refractivity contribution in [2.75, 3.05) is 0 Å². The molecule has 0 bridgehead atoms. The zero-order valence-corrected chi connectivity index (χ0v) is 60.0. The van der Waals surface area contributed by atoms with Gasteiger partial charge in [-0.1, -0.05) is 382 Å². The van der Waals surface area contributed by atoms with Gasteiger partial charge in [0.25, 0.3) is 0 Å². The van der Waals surface area contributed by atoms with Gasteiger partial charge in [0.05, 0.1) is 55.7 Å². The Morgan fingerprint density at radius 1 is 0.173 bits per heavy atom. The van der Waals surface area contributed by atoms with E-state index in [0.29, 0.717) is 0 Å². The molecule has 0 unspecified atom stereocenters. The number of nitrogens with zero attached hydrogens (tertiary/aromatic N) is 4. The molecule has 0 aliphatic heterocycles. The van der Waals surface area contributed by atoms with Crippen molar-refractivity contribution in [1.29, 1.82) is 0 Å². The number of benzene rings is 18. The Kier molecular flexibility index (Phi) is 15.3. The minimum Gasteiger partial charge on any atom is -0.244 e. The van der Waals surface area contributed by atoms with Gasteiger partial charge in [-0.3, -0.25) is 0 Å². The summed E-state index contributed by atoms with van der Waals surface area (Å²) in [6, 6.07) is 149. The second kappa shape index (κ2) is 26.3. The van der Waals surface area contributed by atoms with Crippen molar-refractivity contribution < 1.29 is 0 Å². The van der Waals surface area contributed by atoms with Gasteiger partial charge in [-0.05, 0) is 157 Å². The fraction of sp³-hybridized carbons (Fsp3) is 0.0189. The Morgan fingerprint density at radius 2 is 0.527 bits per heavy atom. The molecule has 4 nitrogen and oxygen atoms in total. The summed E-state index contributed by atoms with van der Waals surface area (Å²) in [5, 5.41) is 9.59. The van der Waals surface area contributed by atoms with Crippen LogP contribution in [0, 0.1) is 0 Å². The molecule has 0 N–H and O–H groups in total. The van der Waals surface area contributed by atoms with Crippen molar-refractivity contribution in [2.24, 2.45) is 0 Å². The van der Waals surface area contributed by atoms with Gasteiger partial charge in [-0.2, -0.15) is 0 Å². The van der Waals surface area contributed by atoms with Crippen LogP contribution in [0.25, 0.3) is 155 Å². The van der Waals surface area contributed by atoms with E-state index in [1.165, 1.54) is 110 Å². The van der Waals surface area contributed by atoms with Crippen molar-refractivity contribution in [2.45, 2.75) is 10.8 Å². The summed E-state index contributed by atoms with van der Waals surface area (Å²) in [7, 11) is 0. The normalized spacial score (nSPS) is 12.9. The Morgan fingerprint density at radius 3 is 1.06 bits per heavy atom. The van der Waals surface area contributed by atoms with Crippen LogP contribution in [0.4, 0.5) is 0 Å². The SMILES string of the molecule is c1ccc(-c2nc3ccc4ccccc4c3nc2-c2ccc(-c3ccc4c5c(ccc4c3)-c3ccccc3C5(c3ccccc3)c3ccccc3)cc2)cc1.c1ccc(-c2nc3ccccc3nc2-c2ccc(-c3ccc4c5c(ccc4c3)-c3ccccc3C5(c3ccccc3)c3ccccc3)c3ccccc23)cc1. The maximum atomic E-state index is 5.34. The van der Waals surface area contributed by atoms with E-state index >= 15 is 0 Å². The molecule has 110 heavy (non-hydrogen) atoms. The van der Waals surface area contributed by atoms with E-state index in [2.05, 4.69) is 376 Å². The van der Waals surface area contributed by atoms with Gasteiger partial charge in [0, 0.05) is 27.6 Å². The monoisotopic (exact) mass is 1400 g/mol. The quantitative estimate of drug-likeness (QED) is 0.128. The molecule has 2 aliphatic carbocycles. The van der Waals surface area contributed by atoms with E-state index in [1.807, 2.05) is 36.4 Å². The highest BCUT2D eigenvalue weighted by Crippen LogP contribution is 2.60. The molecule has 0 fully saturated rings. The average Bonchev–Trinajstić information content (AvgIpc) is 1.53. The van der Waals surface area contributed by atoms with Gasteiger partial charge in [0.15, 0.2) is 0 Å². The molecule has 20 aromatic rings. The molecular formula is C106H68N4. The number of fused-ring (bicyclic) bond motifs is 15. The molecule has 512 valence electrons. The maximum absolute atomic E-state index is 5.34. The van der Waals surface area contributed by atoms with E-state index < -0.39 is 10.8 Å². The van der Waals surface area contributed by atoms with E-state index in [0.717, 1.165) is 88.8 Å². The fourth-order valence-corrected chi connectivity index (χ4v) is 18.3. The standard InChI is InChI=1S/2C53H34N2/c1-4-16-35(17-5-1)51-52(55-49-27-15-14-26-48(49)54-51)46-33-32-40(42-22-10-11-23-43(42)46)36-28-30-41-37(34-36)29-31-45-44-24-12-13-25-47(44)53(50(41)45,38-18-6-2-7-19-38)39-20-8-3-9-21-39;1-4-15-37(16-5-1)50-51(55-52-44-21-11-10-14-36(44)30-33-48(52)54-50)38-26-24-35(25-27-38)39-28-31-43-40(34-39)29-32-46-45-22-12-13-23-47(45)53(49(43)46,41-17-6-2-7-18-41)42-19-8-3-9-20-42/h2*1-34H. The van der Waals surface area contributed by atoms with E-state index in [-0.39, 0.29) is 0 Å². The molecule has 18 aromatic carbocycles. The Bertz CT molecular complexity index is 6910. The van der Waals surface area contributed by atoms with Crippen LogP contribution < -0.4 is 0 Å². The predicted molar refractivity (Wildman–Crippen MR) is 456 cm³/mol. The predicted octanol–water partition coefficient (Wildman–Crippen LogP) is 26.6. The van der Waals surface area contributed by atoms with E-state index in [4.69, 9.17) is 19.9 Å². The van der Waals surface area contributed by atoms with Gasteiger partial charge >= 0.3 is 0 Å². The van der Waals surface area contributed by atoms with Gasteiger partial charge in [-0.15, -0.1) is 0 Å². The first-order chi connectivity index (χ1) is 54.6. The summed E-state index contributed by atoms with van der Waals surface area (Å²) in [6.45, 7) is 0. The Balaban J connectivity index is 0.000000140. The lowest BCUT2D eigenvalue weighted by molar-refractivity contribution is 0.775. The molecule has 0 saturated carbocycles. The summed E-state index contributed by atoms with van der Waals surface area (Å²) in [5.74, 6) is 0. The second-order valence-electron chi connectivity index (χ2n) is 28.9. The molecule has 0 radical (unpaired) electrons. The average molecular weight is 1400 g/mol. The minimum absolute atomic E-state index is 0.445. The van der Waals surface area contributed by atoms with Crippen LogP contribution in [0.3, 0.4) is 0 Å². The van der Waals surface area contributed by atoms with Crippen molar-refractivity contribution in [3.63, 3.8) is 0 Å². The van der Waals surface area contributed by atoms with Crippen LogP contribution in [0.15, 0.2) is 413 Å². The summed E-state index contributed by atoms with van der Waals surface area (Å²) < 4.78 is 0. The topological polar surface area (TPSA) is 51.6 Å². The third-order valence-electron chi connectivity index (χ3n) is 23.1. The van der Waals surface area contributed by atoms with Crippen molar-refractivity contribution in [3.05, 3.63) is 457 Å². The third kappa shape index (κ3) is 10.2. The molecular weight excluding hydrogens is 1330 g/mol. The van der Waals surface area contributed by atoms with Crippen LogP contribution in [0.1, 0.15) is 44.5 Å². The van der Waals surface area contributed by atoms with E-state index in [1.54, 1.807) is 0 Å². The number of hydrogen-bond acceptors (Lipinski definition) is 4. The Labute approximate surface area is 638 Å². The molecule has 2 aromatic heterocycles. The molecule has 0 spiro atoms. The number of para-hydroxylation sites is 2. The largest absolute Gasteiger partial charge is 0.244 e. The molecule has 0 atom stereocenters. The summed E-state index contributed by atoms with van der Waals surface area (Å²) in [5.41, 5.74) is 30.8. The lowest BCUT2D eigenvalue weighted by atomic mass is 9.66. The third-order valence-corrected chi connectivity index (χ3v) is 23.1. The van der Waals surface area contributed by atoms with Crippen LogP contribution >= 0.6 is 0 Å². The highest BCUT2D eigenvalue weighted by atomic mass is 14.8. The van der Waals surface area contributed by atoms with Gasteiger partial charge < -0.3 is 0 Å². The van der Waals surface area contributed by atoms with Gasteiger partial charge in [0.2, 0.25) is 0 Å². The smallest absolute Gasteiger partial charge is 0.0979 e. The number of aromatic nitrogens is 4. The van der Waals surface area contributed by atoms with Gasteiger partial charge in [-0.25, -0.2) is 19.9 Å². The zero-order valence-electron chi connectivity index (χ0n) is 60.0. The number of rotatable bonds is 10. The molecule has 0 amide bonds. The number of hydrogen-bond donors (Lipinski definition) is 0. The van der Waals surface area contributed by atoms with Crippen molar-refractivity contribution in [3.8, 4) is 89.5 Å². The summed E-state index contributed by atoms with van der Waals surface area (Å²) in [6.07, 6.45) is 0. The van der Waals surface area contributed by atoms with Gasteiger partial charge in [0.1, 0.15) is 0 Å². The van der Waals surface area contributed by atoms with Crippen LogP contribution in [0.2, 0.25) is 0 Å². The molecule has 0 saturated heterocycles. The minimum atomic E-state index is -0.457. The zero-order chi connectivity index (χ0) is 72.7. The fourth-order valence-electron chi connectivity index (χ4n) is 18.3. The van der Waals surface area contributed by atoms with E-state index in [9.17, 15) is 0 Å². The Hall–Kier alpha value is -14.3. The first-order valence-electron chi connectivity index (χ1n) is 37.8. The first kappa shape index (κ1) is 64.1. The highest BCUT2D eigenvalue weighted by Gasteiger charge is 2.49. The van der Waals surface area contributed by atoms with Crippen molar-refractivity contribution >= 4 is 65.2 Å². The summed E-state index contributed by atoms with van der Waals surface area (Å²) >= 11 is 0. The van der Waals surface area contributed by atoms with Crippen LogP contribution in [0.5, 0.6) is 0 Å². The maximum Gasteiger partial charge on any atom is 0.0979 e. The first-order valence-corrected chi connectivity index (χ1v) is 37.8.